The molecule has 0 aliphatic carbocycles. The first-order valence-electron chi connectivity index (χ1n) is 3.39. The predicted molar refractivity (Wildman–Crippen MR) is 45.8 cm³/mol. The van der Waals surface area contributed by atoms with Gasteiger partial charge in [0, 0.05) is 9.28 Å². The Morgan fingerprint density at radius 1 is 1.00 bits per heavy atom. The van der Waals surface area contributed by atoms with Crippen LogP contribution in [0.2, 0.25) is 0 Å². The molecule has 0 heterocycles. The maximum absolute atomic E-state index is 5.17. The Bertz CT molecular complexity index is 201. The van der Waals surface area contributed by atoms with Crippen LogP contribution >= 0.6 is 0 Å². The summed E-state index contributed by atoms with van der Waals surface area (Å²) in [4.78, 5) is 0. The summed E-state index contributed by atoms with van der Waals surface area (Å²) in [5.74, 6) is 0. The molecule has 0 fully saturated rings. The minimum Gasteiger partial charge on any atom is -0.543 e. The quantitative estimate of drug-likeness (QED) is 0.479. The molecule has 0 N–H and O–H groups in total. The fourth-order valence-corrected chi connectivity index (χ4v) is 2.00. The van der Waals surface area contributed by atoms with Gasteiger partial charge in [0.15, 0.2) is 0 Å². The molecule has 12 heavy (non-hydrogen) atoms. The van der Waals surface area contributed by atoms with Gasteiger partial charge in [-0.25, -0.2) is 0 Å². The first kappa shape index (κ1) is 12.0. The van der Waals surface area contributed by atoms with E-state index >= 15 is 0 Å². The molecule has 2 nitrogen and oxygen atoms in total. The van der Waals surface area contributed by atoms with Crippen molar-refractivity contribution in [3.05, 3.63) is 30.3 Å². The van der Waals surface area contributed by atoms with Crippen molar-refractivity contribution in [2.75, 3.05) is 14.2 Å². The largest absolute Gasteiger partial charge is 1.00 e. The molecule has 0 bridgehead atoms. The Morgan fingerprint density at radius 2 is 1.50 bits per heavy atom. The van der Waals surface area contributed by atoms with Gasteiger partial charge in [-0.05, 0) is 14.2 Å². The smallest absolute Gasteiger partial charge is 0.543 e. The standard InChI is InChI=1S/C8H11O2Si.Li/c1-9-11(10-2)8-6-4-3-5-7-8;/h3-7H,1-2H3;/q-1;+1. The molecule has 0 atom stereocenters. The zero-order valence-corrected chi connectivity index (χ0v) is 8.70. The summed E-state index contributed by atoms with van der Waals surface area (Å²) in [6.07, 6.45) is 0. The maximum atomic E-state index is 5.17. The van der Waals surface area contributed by atoms with Crippen LogP contribution in [-0.4, -0.2) is 23.5 Å². The molecule has 0 spiro atoms. The van der Waals surface area contributed by atoms with Crippen molar-refractivity contribution in [3.63, 3.8) is 0 Å². The second kappa shape index (κ2) is 6.47. The second-order valence-electron chi connectivity index (χ2n) is 2.06. The molecule has 0 aromatic heterocycles. The van der Waals surface area contributed by atoms with E-state index in [1.807, 2.05) is 30.3 Å². The van der Waals surface area contributed by atoms with E-state index in [4.69, 9.17) is 8.85 Å². The van der Waals surface area contributed by atoms with Crippen molar-refractivity contribution in [1.29, 1.82) is 0 Å². The maximum Gasteiger partial charge on any atom is 1.00 e. The van der Waals surface area contributed by atoms with Crippen LogP contribution in [-0.2, 0) is 8.85 Å². The van der Waals surface area contributed by atoms with Gasteiger partial charge in [-0.2, -0.15) is 0 Å². The average Bonchev–Trinajstić information content (AvgIpc) is 2.09. The summed E-state index contributed by atoms with van der Waals surface area (Å²) in [5.41, 5.74) is 0. The van der Waals surface area contributed by atoms with Crippen LogP contribution in [0, 0.1) is 0 Å². The van der Waals surface area contributed by atoms with Crippen LogP contribution in [0.5, 0.6) is 0 Å². The summed E-state index contributed by atoms with van der Waals surface area (Å²) in [7, 11) is 2.14. The summed E-state index contributed by atoms with van der Waals surface area (Å²) in [6.45, 7) is 0. The molecule has 60 valence electrons. The molecule has 1 rings (SSSR count). The zero-order chi connectivity index (χ0) is 8.10. The van der Waals surface area contributed by atoms with Crippen LogP contribution < -0.4 is 24.0 Å². The first-order chi connectivity index (χ1) is 5.38. The molecule has 1 aromatic rings. The molecule has 0 aliphatic rings. The van der Waals surface area contributed by atoms with Gasteiger partial charge in [-0.1, -0.05) is 30.3 Å². The summed E-state index contributed by atoms with van der Waals surface area (Å²) in [6, 6.07) is 9.98. The number of hydrogen-bond donors (Lipinski definition) is 0. The van der Waals surface area contributed by atoms with E-state index in [0.717, 1.165) is 5.19 Å². The van der Waals surface area contributed by atoms with Gasteiger partial charge in [-0.15, -0.1) is 5.19 Å². The Balaban J connectivity index is 0.00000121. The van der Waals surface area contributed by atoms with Crippen molar-refractivity contribution in [2.24, 2.45) is 0 Å². The predicted octanol–water partition coefficient (Wildman–Crippen LogP) is -2.32. The second-order valence-corrected chi connectivity index (χ2v) is 4.03. The van der Waals surface area contributed by atoms with Crippen molar-refractivity contribution >= 4 is 14.5 Å². The summed E-state index contributed by atoms with van der Waals surface area (Å²) >= 11 is 0. The Hall–Kier alpha value is -0.0457. The van der Waals surface area contributed by atoms with Gasteiger partial charge < -0.3 is 8.85 Å². The van der Waals surface area contributed by atoms with Crippen LogP contribution in [0.25, 0.3) is 0 Å². The topological polar surface area (TPSA) is 18.5 Å². The minimum atomic E-state index is -1.20. The van der Waals surface area contributed by atoms with E-state index < -0.39 is 9.28 Å². The number of benzene rings is 1. The molecule has 0 saturated carbocycles. The van der Waals surface area contributed by atoms with E-state index in [1.54, 1.807) is 14.2 Å². The fraction of sp³-hybridized carbons (Fsp3) is 0.250. The third-order valence-corrected chi connectivity index (χ3v) is 2.93. The molecule has 0 saturated heterocycles. The fourth-order valence-electron chi connectivity index (χ4n) is 0.893. The Morgan fingerprint density at radius 3 is 1.92 bits per heavy atom. The van der Waals surface area contributed by atoms with Gasteiger partial charge >= 0.3 is 18.9 Å². The molecule has 4 heteroatoms. The normalized spacial score (nSPS) is 8.83. The van der Waals surface area contributed by atoms with Crippen molar-refractivity contribution in [3.8, 4) is 0 Å². The van der Waals surface area contributed by atoms with E-state index in [1.165, 1.54) is 0 Å². The Labute approximate surface area is 86.9 Å². The van der Waals surface area contributed by atoms with Crippen molar-refractivity contribution in [2.45, 2.75) is 0 Å². The molecule has 0 radical (unpaired) electrons. The molecule has 0 amide bonds. The monoisotopic (exact) mass is 174 g/mol. The number of rotatable bonds is 3. The van der Waals surface area contributed by atoms with Gasteiger partial charge in [0.1, 0.15) is 0 Å². The average molecular weight is 174 g/mol. The third kappa shape index (κ3) is 3.14. The van der Waals surface area contributed by atoms with E-state index in [2.05, 4.69) is 0 Å². The van der Waals surface area contributed by atoms with Gasteiger partial charge in [0.2, 0.25) is 0 Å². The minimum absolute atomic E-state index is 0. The van der Waals surface area contributed by atoms with E-state index in [-0.39, 0.29) is 18.9 Å². The van der Waals surface area contributed by atoms with Gasteiger partial charge in [-0.3, -0.25) is 0 Å². The third-order valence-electron chi connectivity index (χ3n) is 1.38. The van der Waals surface area contributed by atoms with E-state index in [0.29, 0.717) is 0 Å². The van der Waals surface area contributed by atoms with Crippen LogP contribution in [0.15, 0.2) is 30.3 Å². The molecule has 0 aliphatic heterocycles. The SMILES string of the molecule is CO[Si-](OC)c1ccccc1.[Li+]. The van der Waals surface area contributed by atoms with Crippen LogP contribution in [0.4, 0.5) is 0 Å². The van der Waals surface area contributed by atoms with Crippen molar-refractivity contribution < 1.29 is 27.7 Å². The van der Waals surface area contributed by atoms with E-state index in [9.17, 15) is 0 Å². The molecule has 0 unspecified atom stereocenters. The van der Waals surface area contributed by atoms with Crippen molar-refractivity contribution in [1.82, 2.24) is 0 Å². The molecular weight excluding hydrogens is 163 g/mol. The summed E-state index contributed by atoms with van der Waals surface area (Å²) in [5, 5.41) is 1.14. The summed E-state index contributed by atoms with van der Waals surface area (Å²) < 4.78 is 10.3. The number of hydrogen-bond acceptors (Lipinski definition) is 2. The Kier molecular flexibility index (Phi) is 6.44. The van der Waals surface area contributed by atoms with Crippen LogP contribution in [0.1, 0.15) is 0 Å². The zero-order valence-electron chi connectivity index (χ0n) is 7.70. The first-order valence-corrected chi connectivity index (χ1v) is 4.70. The van der Waals surface area contributed by atoms with Gasteiger partial charge in [0.05, 0.1) is 0 Å². The van der Waals surface area contributed by atoms with Gasteiger partial charge in [0.25, 0.3) is 0 Å². The molecule has 1 aromatic carbocycles. The molecular formula is C8H11LiO2Si. The van der Waals surface area contributed by atoms with Crippen LogP contribution in [0.3, 0.4) is 0 Å².